The van der Waals surface area contributed by atoms with Gasteiger partial charge in [-0.3, -0.25) is 0 Å². The van der Waals surface area contributed by atoms with Crippen LogP contribution in [0, 0.1) is 5.92 Å². The molecule has 1 unspecified atom stereocenters. The van der Waals surface area contributed by atoms with Crippen LogP contribution < -0.4 is 5.32 Å². The van der Waals surface area contributed by atoms with E-state index in [1.807, 2.05) is 0 Å². The van der Waals surface area contributed by atoms with E-state index in [2.05, 4.69) is 19.2 Å². The van der Waals surface area contributed by atoms with Crippen LogP contribution in [0.5, 0.6) is 0 Å². The Bertz CT molecular complexity index is 153. The van der Waals surface area contributed by atoms with Crippen molar-refractivity contribution in [2.24, 2.45) is 5.92 Å². The fourth-order valence-electron chi connectivity index (χ4n) is 2.01. The van der Waals surface area contributed by atoms with Crippen LogP contribution in [0.1, 0.15) is 39.5 Å². The molecule has 0 aromatic carbocycles. The second-order valence-corrected chi connectivity index (χ2v) is 4.70. The molecule has 0 heterocycles. The molecular weight excluding hydrogens is 178 g/mol. The van der Waals surface area contributed by atoms with Crippen LogP contribution in [0.3, 0.4) is 0 Å². The predicted octanol–water partition coefficient (Wildman–Crippen LogP) is 0.896. The highest BCUT2D eigenvalue weighted by Crippen LogP contribution is 2.26. The third-order valence-corrected chi connectivity index (χ3v) is 3.02. The fraction of sp³-hybridized carbons (Fsp3) is 1.00. The Hall–Kier alpha value is -0.120. The summed E-state index contributed by atoms with van der Waals surface area (Å²) in [4.78, 5) is 0. The van der Waals surface area contributed by atoms with Gasteiger partial charge < -0.3 is 15.5 Å². The molecule has 0 aromatic heterocycles. The van der Waals surface area contributed by atoms with E-state index in [-0.39, 0.29) is 12.2 Å². The van der Waals surface area contributed by atoms with Crippen molar-refractivity contribution in [3.8, 4) is 0 Å². The molecular formula is C11H23NO2. The monoisotopic (exact) mass is 201 g/mol. The number of hydrogen-bond donors (Lipinski definition) is 3. The largest absolute Gasteiger partial charge is 0.393 e. The highest BCUT2D eigenvalue weighted by Gasteiger charge is 2.25. The van der Waals surface area contributed by atoms with Gasteiger partial charge in [-0.25, -0.2) is 0 Å². The molecule has 1 aliphatic rings. The molecule has 3 heteroatoms. The van der Waals surface area contributed by atoms with Crippen molar-refractivity contribution in [2.75, 3.05) is 6.54 Å². The summed E-state index contributed by atoms with van der Waals surface area (Å²) in [5.41, 5.74) is 0. The van der Waals surface area contributed by atoms with Crippen molar-refractivity contribution < 1.29 is 10.2 Å². The maximum absolute atomic E-state index is 9.86. The van der Waals surface area contributed by atoms with Crippen LogP contribution in [-0.4, -0.2) is 35.0 Å². The van der Waals surface area contributed by atoms with Crippen LogP contribution in [0.2, 0.25) is 0 Å². The minimum absolute atomic E-state index is 0.128. The lowest BCUT2D eigenvalue weighted by Crippen LogP contribution is -2.38. The highest BCUT2D eigenvalue weighted by molar-refractivity contribution is 4.78. The molecule has 14 heavy (non-hydrogen) atoms. The molecule has 3 nitrogen and oxygen atoms in total. The molecule has 0 aliphatic heterocycles. The lowest BCUT2D eigenvalue weighted by atomic mass is 9.84. The summed E-state index contributed by atoms with van der Waals surface area (Å²) in [6.07, 6.45) is 3.25. The minimum Gasteiger partial charge on any atom is -0.393 e. The average molecular weight is 201 g/mol. The third kappa shape index (κ3) is 3.95. The molecule has 3 N–H and O–H groups in total. The summed E-state index contributed by atoms with van der Waals surface area (Å²) in [6.45, 7) is 4.84. The summed E-state index contributed by atoms with van der Waals surface area (Å²) in [5.74, 6) is 0.379. The van der Waals surface area contributed by atoms with Crippen molar-refractivity contribution >= 4 is 0 Å². The van der Waals surface area contributed by atoms with Crippen LogP contribution in [0.15, 0.2) is 0 Å². The van der Waals surface area contributed by atoms with Gasteiger partial charge in [0.1, 0.15) is 0 Å². The highest BCUT2D eigenvalue weighted by atomic mass is 16.3. The first-order valence-electron chi connectivity index (χ1n) is 5.69. The average Bonchev–Trinajstić information content (AvgIpc) is 2.15. The van der Waals surface area contributed by atoms with E-state index in [1.54, 1.807) is 0 Å². The van der Waals surface area contributed by atoms with Gasteiger partial charge in [0, 0.05) is 12.6 Å². The first-order chi connectivity index (χ1) is 6.59. The van der Waals surface area contributed by atoms with Crippen LogP contribution in [0.25, 0.3) is 0 Å². The maximum Gasteiger partial charge on any atom is 0.0692 e. The first kappa shape index (κ1) is 12.0. The Kier molecular flexibility index (Phi) is 4.85. The molecule has 0 spiro atoms. The van der Waals surface area contributed by atoms with Crippen molar-refractivity contribution in [2.45, 2.75) is 57.8 Å². The van der Waals surface area contributed by atoms with Gasteiger partial charge in [0.05, 0.1) is 12.2 Å². The molecule has 0 amide bonds. The molecule has 0 radical (unpaired) electrons. The van der Waals surface area contributed by atoms with Gasteiger partial charge in [0.25, 0.3) is 0 Å². The Morgan fingerprint density at radius 1 is 1.21 bits per heavy atom. The molecule has 0 aromatic rings. The molecule has 1 atom stereocenters. The lowest BCUT2D eigenvalue weighted by Gasteiger charge is -2.29. The Labute approximate surface area is 86.5 Å². The summed E-state index contributed by atoms with van der Waals surface area (Å²) in [6, 6.07) is 0.429. The Balaban J connectivity index is 2.20. The van der Waals surface area contributed by atoms with Crippen LogP contribution >= 0.6 is 0 Å². The van der Waals surface area contributed by atoms with Gasteiger partial charge in [-0.05, 0) is 31.6 Å². The van der Waals surface area contributed by atoms with Crippen molar-refractivity contribution in [3.63, 3.8) is 0 Å². The SMILES string of the molecule is CC(C)NCC(O)C1CCC(O)CC1. The fourth-order valence-corrected chi connectivity index (χ4v) is 2.01. The topological polar surface area (TPSA) is 52.5 Å². The number of aliphatic hydroxyl groups is 2. The van der Waals surface area contributed by atoms with Gasteiger partial charge in [0.2, 0.25) is 0 Å². The molecule has 1 fully saturated rings. The number of nitrogens with one attached hydrogen (secondary N) is 1. The maximum atomic E-state index is 9.86. The quantitative estimate of drug-likeness (QED) is 0.633. The molecule has 1 saturated carbocycles. The summed E-state index contributed by atoms with van der Waals surface area (Å²) in [5, 5.41) is 22.4. The Morgan fingerprint density at radius 3 is 2.29 bits per heavy atom. The second-order valence-electron chi connectivity index (χ2n) is 4.70. The molecule has 84 valence electrons. The minimum atomic E-state index is -0.245. The van der Waals surface area contributed by atoms with Gasteiger partial charge in [0.15, 0.2) is 0 Å². The molecule has 1 rings (SSSR count). The van der Waals surface area contributed by atoms with E-state index in [9.17, 15) is 10.2 Å². The zero-order chi connectivity index (χ0) is 10.6. The van der Waals surface area contributed by atoms with E-state index < -0.39 is 0 Å². The summed E-state index contributed by atoms with van der Waals surface area (Å²) >= 11 is 0. The molecule has 0 bridgehead atoms. The van der Waals surface area contributed by atoms with E-state index >= 15 is 0 Å². The second kappa shape index (κ2) is 5.69. The van der Waals surface area contributed by atoms with E-state index in [4.69, 9.17) is 0 Å². The van der Waals surface area contributed by atoms with E-state index in [0.717, 1.165) is 25.7 Å². The van der Waals surface area contributed by atoms with Crippen molar-refractivity contribution in [1.29, 1.82) is 0 Å². The zero-order valence-electron chi connectivity index (χ0n) is 9.24. The van der Waals surface area contributed by atoms with Gasteiger partial charge in [-0.2, -0.15) is 0 Å². The van der Waals surface area contributed by atoms with Crippen LogP contribution in [0.4, 0.5) is 0 Å². The smallest absolute Gasteiger partial charge is 0.0692 e. The van der Waals surface area contributed by atoms with Crippen LogP contribution in [-0.2, 0) is 0 Å². The first-order valence-corrected chi connectivity index (χ1v) is 5.69. The van der Waals surface area contributed by atoms with Gasteiger partial charge in [-0.1, -0.05) is 13.8 Å². The number of aliphatic hydroxyl groups excluding tert-OH is 2. The standard InChI is InChI=1S/C11H23NO2/c1-8(2)12-7-11(14)9-3-5-10(13)6-4-9/h8-14H,3-7H2,1-2H3. The summed E-state index contributed by atoms with van der Waals surface area (Å²) in [7, 11) is 0. The Morgan fingerprint density at radius 2 is 1.79 bits per heavy atom. The predicted molar refractivity (Wildman–Crippen MR) is 57.1 cm³/mol. The van der Waals surface area contributed by atoms with E-state index in [0.29, 0.717) is 18.5 Å². The number of hydrogen-bond acceptors (Lipinski definition) is 3. The van der Waals surface area contributed by atoms with Gasteiger partial charge >= 0.3 is 0 Å². The zero-order valence-corrected chi connectivity index (χ0v) is 9.24. The van der Waals surface area contributed by atoms with E-state index in [1.165, 1.54) is 0 Å². The van der Waals surface area contributed by atoms with Crippen molar-refractivity contribution in [3.05, 3.63) is 0 Å². The van der Waals surface area contributed by atoms with Gasteiger partial charge in [-0.15, -0.1) is 0 Å². The molecule has 1 aliphatic carbocycles. The molecule has 0 saturated heterocycles. The number of rotatable bonds is 4. The lowest BCUT2D eigenvalue weighted by molar-refractivity contribution is 0.0413. The third-order valence-electron chi connectivity index (χ3n) is 3.02. The van der Waals surface area contributed by atoms with Crippen molar-refractivity contribution in [1.82, 2.24) is 5.32 Å². The summed E-state index contributed by atoms with van der Waals surface area (Å²) < 4.78 is 0. The normalized spacial score (nSPS) is 30.6.